The van der Waals surface area contributed by atoms with Crippen LogP contribution in [0.25, 0.3) is 0 Å². The number of thioether (sulfide) groups is 1. The summed E-state index contributed by atoms with van der Waals surface area (Å²) in [6.07, 6.45) is 6.51. The lowest BCUT2D eigenvalue weighted by molar-refractivity contribution is 0.714. The second-order valence-electron chi connectivity index (χ2n) is 4.85. The minimum Gasteiger partial charge on any atom is -0.398 e. The van der Waals surface area contributed by atoms with E-state index in [1.54, 1.807) is 11.8 Å². The van der Waals surface area contributed by atoms with Gasteiger partial charge in [-0.2, -0.15) is 0 Å². The minimum absolute atomic E-state index is 0.693. The van der Waals surface area contributed by atoms with Crippen LogP contribution in [0.15, 0.2) is 35.6 Å². The molecule has 0 saturated heterocycles. The zero-order valence-corrected chi connectivity index (χ0v) is 11.3. The van der Waals surface area contributed by atoms with E-state index in [-0.39, 0.29) is 0 Å². The molecule has 0 amide bonds. The van der Waals surface area contributed by atoms with E-state index in [2.05, 4.69) is 22.5 Å². The Bertz CT molecular complexity index is 558. The van der Waals surface area contributed by atoms with Crippen LogP contribution in [0.3, 0.4) is 0 Å². The average Bonchev–Trinajstić information content (AvgIpc) is 3.10. The lowest BCUT2D eigenvalue weighted by Gasteiger charge is -2.08. The summed E-state index contributed by atoms with van der Waals surface area (Å²) in [6.45, 7) is 2.10. The van der Waals surface area contributed by atoms with Gasteiger partial charge in [0.1, 0.15) is 0 Å². The third-order valence-electron chi connectivity index (χ3n) is 3.23. The SMILES string of the molecule is Cc1ccc(N)c(SCc2cncn2C2CC2)c1. The van der Waals surface area contributed by atoms with Crippen LogP contribution in [0, 0.1) is 6.92 Å². The predicted molar refractivity (Wildman–Crippen MR) is 75.7 cm³/mol. The van der Waals surface area contributed by atoms with Crippen LogP contribution >= 0.6 is 11.8 Å². The average molecular weight is 259 g/mol. The first-order valence-corrected chi connectivity index (χ1v) is 7.22. The van der Waals surface area contributed by atoms with E-state index in [9.17, 15) is 0 Å². The number of aryl methyl sites for hydroxylation is 1. The number of hydrogen-bond acceptors (Lipinski definition) is 3. The maximum absolute atomic E-state index is 6.00. The highest BCUT2D eigenvalue weighted by atomic mass is 32.2. The Hall–Kier alpha value is -1.42. The van der Waals surface area contributed by atoms with Crippen molar-refractivity contribution in [1.82, 2.24) is 9.55 Å². The van der Waals surface area contributed by atoms with Crippen LogP contribution in [0.5, 0.6) is 0 Å². The maximum atomic E-state index is 6.00. The smallest absolute Gasteiger partial charge is 0.0951 e. The Balaban J connectivity index is 1.73. The van der Waals surface area contributed by atoms with Crippen LogP contribution in [-0.4, -0.2) is 9.55 Å². The largest absolute Gasteiger partial charge is 0.398 e. The van der Waals surface area contributed by atoms with Gasteiger partial charge in [-0.25, -0.2) is 4.98 Å². The Morgan fingerprint density at radius 2 is 2.28 bits per heavy atom. The number of benzene rings is 1. The van der Waals surface area contributed by atoms with Crippen LogP contribution in [-0.2, 0) is 5.75 Å². The van der Waals surface area contributed by atoms with E-state index in [0.717, 1.165) is 11.4 Å². The van der Waals surface area contributed by atoms with Gasteiger partial charge in [-0.3, -0.25) is 0 Å². The molecular weight excluding hydrogens is 242 g/mol. The molecular formula is C14H17N3S. The van der Waals surface area contributed by atoms with Gasteiger partial charge in [-0.15, -0.1) is 11.8 Å². The summed E-state index contributed by atoms with van der Waals surface area (Å²) in [5.74, 6) is 0.935. The molecule has 1 aromatic carbocycles. The summed E-state index contributed by atoms with van der Waals surface area (Å²) in [4.78, 5) is 5.42. The fourth-order valence-corrected chi connectivity index (χ4v) is 3.07. The van der Waals surface area contributed by atoms with Gasteiger partial charge in [0.05, 0.1) is 6.33 Å². The number of anilines is 1. The highest BCUT2D eigenvalue weighted by Gasteiger charge is 2.25. The van der Waals surface area contributed by atoms with Crippen molar-refractivity contribution in [3.8, 4) is 0 Å². The van der Waals surface area contributed by atoms with Crippen molar-refractivity contribution in [2.24, 2.45) is 0 Å². The fraction of sp³-hybridized carbons (Fsp3) is 0.357. The normalized spacial score (nSPS) is 14.9. The molecule has 1 saturated carbocycles. The van der Waals surface area contributed by atoms with Gasteiger partial charge in [0.25, 0.3) is 0 Å². The highest BCUT2D eigenvalue weighted by molar-refractivity contribution is 7.98. The van der Waals surface area contributed by atoms with E-state index in [1.807, 2.05) is 24.7 Å². The van der Waals surface area contributed by atoms with Gasteiger partial charge in [-0.1, -0.05) is 6.07 Å². The number of imidazole rings is 1. The minimum atomic E-state index is 0.693. The quantitative estimate of drug-likeness (QED) is 0.676. The van der Waals surface area contributed by atoms with Crippen molar-refractivity contribution in [3.05, 3.63) is 42.0 Å². The molecule has 1 aliphatic carbocycles. The van der Waals surface area contributed by atoms with Crippen LogP contribution in [0.2, 0.25) is 0 Å². The molecule has 0 spiro atoms. The Kier molecular flexibility index (Phi) is 3.04. The highest BCUT2D eigenvalue weighted by Crippen LogP contribution is 2.37. The van der Waals surface area contributed by atoms with E-state index in [0.29, 0.717) is 6.04 Å². The summed E-state index contributed by atoms with van der Waals surface area (Å²) in [7, 11) is 0. The van der Waals surface area contributed by atoms with Crippen LogP contribution < -0.4 is 5.73 Å². The summed E-state index contributed by atoms with van der Waals surface area (Å²) < 4.78 is 2.30. The fourth-order valence-electron chi connectivity index (χ4n) is 2.04. The Labute approximate surface area is 111 Å². The van der Waals surface area contributed by atoms with Crippen LogP contribution in [0.1, 0.15) is 30.1 Å². The number of hydrogen-bond donors (Lipinski definition) is 1. The van der Waals surface area contributed by atoms with Gasteiger partial charge >= 0.3 is 0 Å². The number of nitrogens with two attached hydrogens (primary N) is 1. The molecule has 3 rings (SSSR count). The third kappa shape index (κ3) is 2.38. The number of rotatable bonds is 4. The van der Waals surface area contributed by atoms with Gasteiger partial charge < -0.3 is 10.3 Å². The molecule has 2 N–H and O–H groups in total. The number of nitrogens with zero attached hydrogens (tertiary/aromatic N) is 2. The monoisotopic (exact) mass is 259 g/mol. The molecule has 3 nitrogen and oxygen atoms in total. The van der Waals surface area contributed by atoms with E-state index in [1.165, 1.54) is 29.0 Å². The number of aromatic nitrogens is 2. The molecule has 18 heavy (non-hydrogen) atoms. The third-order valence-corrected chi connectivity index (χ3v) is 4.34. The molecule has 1 fully saturated rings. The second kappa shape index (κ2) is 4.69. The first kappa shape index (κ1) is 11.7. The molecule has 0 unspecified atom stereocenters. The zero-order valence-electron chi connectivity index (χ0n) is 10.5. The molecule has 0 atom stereocenters. The van der Waals surface area contributed by atoms with E-state index in [4.69, 9.17) is 5.73 Å². The van der Waals surface area contributed by atoms with Crippen molar-refractivity contribution in [1.29, 1.82) is 0 Å². The lowest BCUT2D eigenvalue weighted by atomic mass is 10.2. The van der Waals surface area contributed by atoms with Crippen molar-refractivity contribution in [3.63, 3.8) is 0 Å². The first-order valence-electron chi connectivity index (χ1n) is 6.23. The molecule has 1 heterocycles. The summed E-state index contributed by atoms with van der Waals surface area (Å²) in [5.41, 5.74) is 9.41. The molecule has 94 valence electrons. The summed E-state index contributed by atoms with van der Waals surface area (Å²) in [6, 6.07) is 6.87. The van der Waals surface area contributed by atoms with Gasteiger partial charge in [0.15, 0.2) is 0 Å². The summed E-state index contributed by atoms with van der Waals surface area (Å²) >= 11 is 1.79. The zero-order chi connectivity index (χ0) is 12.5. The van der Waals surface area contributed by atoms with Crippen molar-refractivity contribution < 1.29 is 0 Å². The standard InChI is InChI=1S/C14H17N3S/c1-10-2-5-13(15)14(6-10)18-8-12-7-16-9-17(12)11-3-4-11/h2,5-7,9,11H,3-4,8,15H2,1H3. The molecule has 0 bridgehead atoms. The predicted octanol–water partition coefficient (Wildman–Crippen LogP) is 3.40. The Morgan fingerprint density at radius 1 is 1.44 bits per heavy atom. The topological polar surface area (TPSA) is 43.8 Å². The summed E-state index contributed by atoms with van der Waals surface area (Å²) in [5, 5.41) is 0. The molecule has 4 heteroatoms. The van der Waals surface area contributed by atoms with Crippen molar-refractivity contribution in [2.75, 3.05) is 5.73 Å². The molecule has 0 radical (unpaired) electrons. The molecule has 2 aromatic rings. The molecule has 1 aromatic heterocycles. The second-order valence-corrected chi connectivity index (χ2v) is 5.87. The maximum Gasteiger partial charge on any atom is 0.0951 e. The molecule has 1 aliphatic rings. The lowest BCUT2D eigenvalue weighted by Crippen LogP contribution is -1.97. The van der Waals surface area contributed by atoms with E-state index < -0.39 is 0 Å². The van der Waals surface area contributed by atoms with Gasteiger partial charge in [0, 0.05) is 34.3 Å². The van der Waals surface area contributed by atoms with Crippen molar-refractivity contribution in [2.45, 2.75) is 36.5 Å². The van der Waals surface area contributed by atoms with Gasteiger partial charge in [-0.05, 0) is 37.5 Å². The molecule has 0 aliphatic heterocycles. The Morgan fingerprint density at radius 3 is 3.06 bits per heavy atom. The van der Waals surface area contributed by atoms with Gasteiger partial charge in [0.2, 0.25) is 0 Å². The van der Waals surface area contributed by atoms with E-state index >= 15 is 0 Å². The number of nitrogen functional groups attached to an aromatic ring is 1. The van der Waals surface area contributed by atoms with Crippen molar-refractivity contribution >= 4 is 17.4 Å². The first-order chi connectivity index (χ1) is 8.74. The van der Waals surface area contributed by atoms with Crippen LogP contribution in [0.4, 0.5) is 5.69 Å².